The molecule has 0 fully saturated rings. The van der Waals surface area contributed by atoms with Gasteiger partial charge in [-0.3, -0.25) is 4.98 Å². The number of alkyl halides is 3. The van der Waals surface area contributed by atoms with Crippen molar-refractivity contribution in [3.63, 3.8) is 0 Å². The van der Waals surface area contributed by atoms with E-state index in [-0.39, 0.29) is 27.7 Å². The summed E-state index contributed by atoms with van der Waals surface area (Å²) in [5.74, 6) is -0.0205. The van der Waals surface area contributed by atoms with Gasteiger partial charge in [0.1, 0.15) is 11.4 Å². The standard InChI is InChI=1S/C24H23F3N4O2S/c1-6-34(32,33)19-9-16(21-14(3)7-13(2)8-15(21)4)11-29-22(19)23-30-17-10-20(24(25,26)27)28-12-18(17)31(23)5/h7-12H,6H2,1-5H3. The van der Waals surface area contributed by atoms with E-state index in [0.29, 0.717) is 11.1 Å². The van der Waals surface area contributed by atoms with Gasteiger partial charge in [0, 0.05) is 18.8 Å². The lowest BCUT2D eigenvalue weighted by Gasteiger charge is -2.15. The quantitative estimate of drug-likeness (QED) is 0.383. The van der Waals surface area contributed by atoms with E-state index < -0.39 is 21.7 Å². The molecule has 0 saturated heterocycles. The molecule has 0 atom stereocenters. The van der Waals surface area contributed by atoms with Crippen molar-refractivity contribution >= 4 is 20.9 Å². The molecule has 4 rings (SSSR count). The van der Waals surface area contributed by atoms with Crippen molar-refractivity contribution in [1.82, 2.24) is 19.5 Å². The minimum atomic E-state index is -4.62. The summed E-state index contributed by atoms with van der Waals surface area (Å²) in [7, 11) is -2.15. The number of aryl methyl sites for hydroxylation is 4. The Morgan fingerprint density at radius 2 is 1.62 bits per heavy atom. The first-order valence-electron chi connectivity index (χ1n) is 10.5. The van der Waals surface area contributed by atoms with Crippen LogP contribution >= 0.6 is 0 Å². The van der Waals surface area contributed by atoms with E-state index in [1.807, 2.05) is 32.9 Å². The van der Waals surface area contributed by atoms with Gasteiger partial charge in [0.05, 0.1) is 27.9 Å². The second-order valence-corrected chi connectivity index (χ2v) is 10.5. The Kier molecular flexibility index (Phi) is 5.75. The summed E-state index contributed by atoms with van der Waals surface area (Å²) in [5, 5.41) is 0. The smallest absolute Gasteiger partial charge is 0.324 e. The Labute approximate surface area is 195 Å². The average molecular weight is 489 g/mol. The van der Waals surface area contributed by atoms with Crippen molar-refractivity contribution in [1.29, 1.82) is 0 Å². The van der Waals surface area contributed by atoms with E-state index >= 15 is 0 Å². The van der Waals surface area contributed by atoms with E-state index in [1.165, 1.54) is 11.5 Å². The first-order chi connectivity index (χ1) is 15.8. The van der Waals surface area contributed by atoms with Crippen LogP contribution in [0.3, 0.4) is 0 Å². The van der Waals surface area contributed by atoms with Crippen LogP contribution < -0.4 is 0 Å². The van der Waals surface area contributed by atoms with Crippen LogP contribution in [0, 0.1) is 20.8 Å². The first-order valence-corrected chi connectivity index (χ1v) is 12.2. The summed E-state index contributed by atoms with van der Waals surface area (Å²) in [6, 6.07) is 6.45. The number of nitrogens with zero attached hydrogens (tertiary/aromatic N) is 4. The zero-order chi connectivity index (χ0) is 25.0. The Hall–Kier alpha value is -3.27. The lowest BCUT2D eigenvalue weighted by molar-refractivity contribution is -0.141. The number of sulfone groups is 1. The zero-order valence-electron chi connectivity index (χ0n) is 19.3. The number of aromatic nitrogens is 4. The Balaban J connectivity index is 1.98. The van der Waals surface area contributed by atoms with E-state index in [0.717, 1.165) is 34.5 Å². The van der Waals surface area contributed by atoms with Gasteiger partial charge in [0.2, 0.25) is 0 Å². The Bertz CT molecular complexity index is 1520. The van der Waals surface area contributed by atoms with E-state index in [2.05, 4.69) is 15.0 Å². The molecule has 0 radical (unpaired) electrons. The van der Waals surface area contributed by atoms with Gasteiger partial charge >= 0.3 is 6.18 Å². The third-order valence-electron chi connectivity index (χ3n) is 5.80. The fourth-order valence-electron chi connectivity index (χ4n) is 4.23. The van der Waals surface area contributed by atoms with Crippen LogP contribution in [0.4, 0.5) is 13.2 Å². The second-order valence-electron chi connectivity index (χ2n) is 8.30. The number of hydrogen-bond donors (Lipinski definition) is 0. The molecule has 3 aromatic heterocycles. The van der Waals surface area contributed by atoms with Gasteiger partial charge in [-0.1, -0.05) is 24.6 Å². The molecule has 3 heterocycles. The molecule has 0 aliphatic carbocycles. The van der Waals surface area contributed by atoms with E-state index in [9.17, 15) is 21.6 Å². The summed E-state index contributed by atoms with van der Waals surface area (Å²) in [6.45, 7) is 7.42. The predicted molar refractivity (Wildman–Crippen MR) is 124 cm³/mol. The van der Waals surface area contributed by atoms with E-state index in [4.69, 9.17) is 0 Å². The third kappa shape index (κ3) is 4.06. The summed E-state index contributed by atoms with van der Waals surface area (Å²) < 4.78 is 67.0. The highest BCUT2D eigenvalue weighted by molar-refractivity contribution is 7.91. The lowest BCUT2D eigenvalue weighted by Crippen LogP contribution is -2.09. The van der Waals surface area contributed by atoms with Crippen molar-refractivity contribution in [2.45, 2.75) is 38.8 Å². The molecule has 4 aromatic rings. The summed E-state index contributed by atoms with van der Waals surface area (Å²) in [6.07, 6.45) is -1.96. The monoisotopic (exact) mass is 488 g/mol. The van der Waals surface area contributed by atoms with Gasteiger partial charge in [-0.15, -0.1) is 0 Å². The largest absolute Gasteiger partial charge is 0.433 e. The van der Waals surface area contributed by atoms with Crippen LogP contribution in [0.5, 0.6) is 0 Å². The first kappa shape index (κ1) is 23.9. The summed E-state index contributed by atoms with van der Waals surface area (Å²) in [4.78, 5) is 12.2. The molecule has 0 aliphatic heterocycles. The summed E-state index contributed by atoms with van der Waals surface area (Å²) in [5.41, 5.74) is 4.00. The Morgan fingerprint density at radius 3 is 2.21 bits per heavy atom. The summed E-state index contributed by atoms with van der Waals surface area (Å²) >= 11 is 0. The normalized spacial score (nSPS) is 12.5. The molecule has 178 valence electrons. The number of hydrogen-bond acceptors (Lipinski definition) is 5. The SMILES string of the molecule is CCS(=O)(=O)c1cc(-c2c(C)cc(C)cc2C)cnc1-c1nc2cc(C(F)(F)F)ncc2n1C. The molecule has 6 nitrogen and oxygen atoms in total. The molecular weight excluding hydrogens is 465 g/mol. The number of rotatable bonds is 4. The van der Waals surface area contributed by atoms with Gasteiger partial charge in [-0.25, -0.2) is 18.4 Å². The van der Waals surface area contributed by atoms with Crippen LogP contribution in [0.2, 0.25) is 0 Å². The molecule has 0 bridgehead atoms. The van der Waals surface area contributed by atoms with Crippen molar-refractivity contribution in [2.24, 2.45) is 7.05 Å². The fraction of sp³-hybridized carbons (Fsp3) is 0.292. The maximum atomic E-state index is 13.1. The highest BCUT2D eigenvalue weighted by Crippen LogP contribution is 2.35. The minimum Gasteiger partial charge on any atom is -0.324 e. The van der Waals surface area contributed by atoms with Crippen molar-refractivity contribution < 1.29 is 21.6 Å². The molecule has 10 heteroatoms. The topological polar surface area (TPSA) is 77.7 Å². The predicted octanol–water partition coefficient (Wildman–Crippen LogP) is 5.43. The molecule has 0 spiro atoms. The average Bonchev–Trinajstić information content (AvgIpc) is 3.08. The fourth-order valence-corrected chi connectivity index (χ4v) is 5.29. The van der Waals surface area contributed by atoms with Crippen LogP contribution in [0.15, 0.2) is 41.6 Å². The maximum Gasteiger partial charge on any atom is 0.433 e. The minimum absolute atomic E-state index is 0.0192. The number of pyridine rings is 2. The molecule has 0 aliphatic rings. The number of benzene rings is 1. The lowest BCUT2D eigenvalue weighted by atomic mass is 9.95. The van der Waals surface area contributed by atoms with Crippen LogP contribution in [-0.2, 0) is 23.1 Å². The van der Waals surface area contributed by atoms with Crippen molar-refractivity contribution in [3.05, 3.63) is 59.0 Å². The molecule has 0 unspecified atom stereocenters. The van der Waals surface area contributed by atoms with Gasteiger partial charge in [0.15, 0.2) is 15.7 Å². The molecule has 0 amide bonds. The second kappa shape index (κ2) is 8.19. The highest BCUT2D eigenvalue weighted by Gasteiger charge is 2.33. The molecule has 0 N–H and O–H groups in total. The van der Waals surface area contributed by atoms with Gasteiger partial charge in [0.25, 0.3) is 0 Å². The van der Waals surface area contributed by atoms with Gasteiger partial charge in [-0.2, -0.15) is 13.2 Å². The number of halogens is 3. The molecule has 0 saturated carbocycles. The third-order valence-corrected chi connectivity index (χ3v) is 7.54. The molecule has 34 heavy (non-hydrogen) atoms. The number of fused-ring (bicyclic) bond motifs is 1. The maximum absolute atomic E-state index is 13.1. The zero-order valence-corrected chi connectivity index (χ0v) is 20.1. The molecule has 1 aromatic carbocycles. The van der Waals surface area contributed by atoms with Crippen LogP contribution in [-0.4, -0.2) is 33.7 Å². The highest BCUT2D eigenvalue weighted by atomic mass is 32.2. The van der Waals surface area contributed by atoms with Crippen LogP contribution in [0.25, 0.3) is 33.7 Å². The van der Waals surface area contributed by atoms with Gasteiger partial charge in [-0.05, 0) is 49.6 Å². The van der Waals surface area contributed by atoms with Crippen LogP contribution in [0.1, 0.15) is 29.3 Å². The number of imidazole rings is 1. The van der Waals surface area contributed by atoms with Crippen molar-refractivity contribution in [2.75, 3.05) is 5.75 Å². The van der Waals surface area contributed by atoms with Gasteiger partial charge < -0.3 is 4.57 Å². The van der Waals surface area contributed by atoms with Crippen molar-refractivity contribution in [3.8, 4) is 22.6 Å². The van der Waals surface area contributed by atoms with E-state index in [1.54, 1.807) is 19.3 Å². The Morgan fingerprint density at radius 1 is 0.971 bits per heavy atom. The molecular formula is C24H23F3N4O2S.